The Morgan fingerprint density at radius 1 is 1.05 bits per heavy atom. The predicted molar refractivity (Wildman–Crippen MR) is 79.2 cm³/mol. The third-order valence-corrected chi connectivity index (χ3v) is 4.59. The third kappa shape index (κ3) is 2.27. The summed E-state index contributed by atoms with van der Waals surface area (Å²) in [6.45, 7) is 8.68. The Labute approximate surface area is 116 Å². The van der Waals surface area contributed by atoms with E-state index in [9.17, 15) is 5.11 Å². The van der Waals surface area contributed by atoms with Crippen molar-refractivity contribution >= 4 is 0 Å². The molecular formula is C17H26O2. The van der Waals surface area contributed by atoms with Crippen LogP contribution in [0.3, 0.4) is 0 Å². The number of rotatable bonds is 3. The first-order valence-electron chi connectivity index (χ1n) is 7.24. The van der Waals surface area contributed by atoms with Crippen molar-refractivity contribution in [3.63, 3.8) is 0 Å². The van der Waals surface area contributed by atoms with E-state index in [1.807, 2.05) is 0 Å². The van der Waals surface area contributed by atoms with Gasteiger partial charge < -0.3 is 9.84 Å². The molecule has 106 valence electrons. The topological polar surface area (TPSA) is 29.5 Å². The Morgan fingerprint density at radius 3 is 2.05 bits per heavy atom. The molecule has 19 heavy (non-hydrogen) atoms. The second-order valence-electron chi connectivity index (χ2n) is 6.36. The van der Waals surface area contributed by atoms with E-state index in [0.717, 1.165) is 12.2 Å². The summed E-state index contributed by atoms with van der Waals surface area (Å²) < 4.78 is 5.70. The summed E-state index contributed by atoms with van der Waals surface area (Å²) in [5.74, 6) is 0.984. The summed E-state index contributed by atoms with van der Waals surface area (Å²) in [5.41, 5.74) is 6.53. The van der Waals surface area contributed by atoms with Crippen molar-refractivity contribution in [2.75, 3.05) is 13.7 Å². The summed E-state index contributed by atoms with van der Waals surface area (Å²) in [7, 11) is 1.74. The summed E-state index contributed by atoms with van der Waals surface area (Å²) in [6.07, 6.45) is 4.89. The van der Waals surface area contributed by atoms with Crippen molar-refractivity contribution in [3.05, 3.63) is 27.8 Å². The number of aliphatic hydroxyl groups excluding tert-OH is 1. The van der Waals surface area contributed by atoms with Crippen molar-refractivity contribution in [1.29, 1.82) is 0 Å². The lowest BCUT2D eigenvalue weighted by Gasteiger charge is -2.32. The maximum atomic E-state index is 9.73. The number of benzene rings is 1. The van der Waals surface area contributed by atoms with Gasteiger partial charge in [0, 0.05) is 11.0 Å². The molecule has 1 aromatic rings. The van der Waals surface area contributed by atoms with Crippen LogP contribution in [-0.2, 0) is 18.3 Å². The van der Waals surface area contributed by atoms with Crippen LogP contribution in [0.15, 0.2) is 0 Å². The summed E-state index contributed by atoms with van der Waals surface area (Å²) in [4.78, 5) is 0. The van der Waals surface area contributed by atoms with Crippen LogP contribution in [0.25, 0.3) is 0 Å². The molecule has 0 amide bonds. The summed E-state index contributed by atoms with van der Waals surface area (Å²) in [6, 6.07) is 0. The third-order valence-electron chi connectivity index (χ3n) is 4.59. The molecule has 1 aromatic carbocycles. The molecule has 0 fully saturated rings. The van der Waals surface area contributed by atoms with E-state index < -0.39 is 0 Å². The zero-order valence-electron chi connectivity index (χ0n) is 12.9. The van der Waals surface area contributed by atoms with Crippen molar-refractivity contribution < 1.29 is 9.84 Å². The van der Waals surface area contributed by atoms with Gasteiger partial charge in [-0.05, 0) is 61.8 Å². The average Bonchev–Trinajstić information content (AvgIpc) is 2.42. The van der Waals surface area contributed by atoms with E-state index in [1.165, 1.54) is 47.1 Å². The zero-order valence-corrected chi connectivity index (χ0v) is 12.9. The minimum absolute atomic E-state index is 0.141. The van der Waals surface area contributed by atoms with E-state index in [2.05, 4.69) is 27.7 Å². The van der Waals surface area contributed by atoms with Gasteiger partial charge in [0.25, 0.3) is 0 Å². The number of hydrogen-bond donors (Lipinski definition) is 1. The minimum Gasteiger partial charge on any atom is -0.496 e. The monoisotopic (exact) mass is 262 g/mol. The Balaban J connectivity index is 2.76. The highest BCUT2D eigenvalue weighted by molar-refractivity contribution is 5.58. The quantitative estimate of drug-likeness (QED) is 0.904. The molecule has 1 N–H and O–H groups in total. The van der Waals surface area contributed by atoms with Crippen LogP contribution in [0, 0.1) is 13.8 Å². The highest BCUT2D eigenvalue weighted by Crippen LogP contribution is 2.42. The molecule has 0 heterocycles. The maximum Gasteiger partial charge on any atom is 0.126 e. The average molecular weight is 262 g/mol. The maximum absolute atomic E-state index is 9.73. The summed E-state index contributed by atoms with van der Waals surface area (Å²) in [5, 5.41) is 9.73. The SMILES string of the molecule is COc1c(C)c2c(c(C)c1C(C)(C)CO)CCCC2. The lowest BCUT2D eigenvalue weighted by Crippen LogP contribution is -2.26. The van der Waals surface area contributed by atoms with Crippen LogP contribution >= 0.6 is 0 Å². The molecule has 0 saturated carbocycles. The summed E-state index contributed by atoms with van der Waals surface area (Å²) >= 11 is 0. The van der Waals surface area contributed by atoms with Gasteiger partial charge in [0.1, 0.15) is 5.75 Å². The smallest absolute Gasteiger partial charge is 0.126 e. The second-order valence-corrected chi connectivity index (χ2v) is 6.36. The number of fused-ring (bicyclic) bond motifs is 1. The van der Waals surface area contributed by atoms with E-state index in [-0.39, 0.29) is 12.0 Å². The largest absolute Gasteiger partial charge is 0.496 e. The number of methoxy groups -OCH3 is 1. The highest BCUT2D eigenvalue weighted by atomic mass is 16.5. The van der Waals surface area contributed by atoms with Gasteiger partial charge >= 0.3 is 0 Å². The molecule has 0 saturated heterocycles. The molecule has 0 bridgehead atoms. The van der Waals surface area contributed by atoms with Gasteiger partial charge in [-0.3, -0.25) is 0 Å². The van der Waals surface area contributed by atoms with Crippen LogP contribution in [0.1, 0.15) is 54.5 Å². The first-order valence-corrected chi connectivity index (χ1v) is 7.24. The Morgan fingerprint density at radius 2 is 1.58 bits per heavy atom. The van der Waals surface area contributed by atoms with E-state index in [0.29, 0.717) is 0 Å². The Bertz CT molecular complexity index is 487. The van der Waals surface area contributed by atoms with E-state index >= 15 is 0 Å². The van der Waals surface area contributed by atoms with Gasteiger partial charge in [-0.15, -0.1) is 0 Å². The van der Waals surface area contributed by atoms with E-state index in [4.69, 9.17) is 4.74 Å². The predicted octanol–water partition coefficient (Wildman–Crippen LogP) is 3.46. The molecule has 1 aliphatic carbocycles. The molecule has 0 atom stereocenters. The van der Waals surface area contributed by atoms with Crippen LogP contribution in [0.4, 0.5) is 0 Å². The van der Waals surface area contributed by atoms with Crippen molar-refractivity contribution in [2.45, 2.75) is 58.8 Å². The molecule has 2 nitrogen and oxygen atoms in total. The number of aliphatic hydroxyl groups is 1. The molecule has 2 heteroatoms. The van der Waals surface area contributed by atoms with Crippen LogP contribution in [0.5, 0.6) is 5.75 Å². The Hall–Kier alpha value is -1.02. The lowest BCUT2D eigenvalue weighted by molar-refractivity contribution is 0.214. The molecule has 0 unspecified atom stereocenters. The lowest BCUT2D eigenvalue weighted by atomic mass is 9.75. The minimum atomic E-state index is -0.257. The molecular weight excluding hydrogens is 236 g/mol. The first kappa shape index (κ1) is 14.4. The molecule has 1 aliphatic rings. The Kier molecular flexibility index (Phi) is 3.91. The van der Waals surface area contributed by atoms with Crippen molar-refractivity contribution in [2.24, 2.45) is 0 Å². The van der Waals surface area contributed by atoms with Gasteiger partial charge in [-0.2, -0.15) is 0 Å². The zero-order chi connectivity index (χ0) is 14.2. The number of ether oxygens (including phenoxy) is 1. The fraction of sp³-hybridized carbons (Fsp3) is 0.647. The number of hydrogen-bond acceptors (Lipinski definition) is 2. The second kappa shape index (κ2) is 5.16. The molecule has 0 spiro atoms. The van der Waals surface area contributed by atoms with E-state index in [1.54, 1.807) is 7.11 Å². The fourth-order valence-electron chi connectivity index (χ4n) is 3.53. The first-order chi connectivity index (χ1) is 8.94. The van der Waals surface area contributed by atoms with Gasteiger partial charge in [-0.1, -0.05) is 13.8 Å². The fourth-order valence-corrected chi connectivity index (χ4v) is 3.53. The highest BCUT2D eigenvalue weighted by Gasteiger charge is 2.30. The molecule has 2 rings (SSSR count). The van der Waals surface area contributed by atoms with Gasteiger partial charge in [0.15, 0.2) is 0 Å². The molecule has 0 radical (unpaired) electrons. The van der Waals surface area contributed by atoms with Crippen LogP contribution in [0.2, 0.25) is 0 Å². The van der Waals surface area contributed by atoms with Gasteiger partial charge in [-0.25, -0.2) is 0 Å². The molecule has 0 aliphatic heterocycles. The van der Waals surface area contributed by atoms with Gasteiger partial charge in [0.2, 0.25) is 0 Å². The standard InChI is InChI=1S/C17H26O2/c1-11-13-8-6-7-9-14(13)12(2)16(19-5)15(11)17(3,4)10-18/h18H,6-10H2,1-5H3. The molecule has 0 aromatic heterocycles. The van der Waals surface area contributed by atoms with Crippen LogP contribution in [-0.4, -0.2) is 18.8 Å². The van der Waals surface area contributed by atoms with Gasteiger partial charge in [0.05, 0.1) is 13.7 Å². The van der Waals surface area contributed by atoms with Crippen LogP contribution < -0.4 is 4.74 Å². The van der Waals surface area contributed by atoms with Crippen molar-refractivity contribution in [3.8, 4) is 5.75 Å². The normalized spacial score (nSPS) is 15.3. The van der Waals surface area contributed by atoms with Crippen molar-refractivity contribution in [1.82, 2.24) is 0 Å².